The summed E-state index contributed by atoms with van der Waals surface area (Å²) in [5.41, 5.74) is 3.10. The van der Waals surface area contributed by atoms with Crippen LogP contribution in [0.2, 0.25) is 0 Å². The van der Waals surface area contributed by atoms with Gasteiger partial charge in [0.2, 0.25) is 11.8 Å². The number of carbonyl (C=O) groups is 3. The maximum absolute atomic E-state index is 13.1. The lowest BCUT2D eigenvalue weighted by molar-refractivity contribution is -0.131. The number of nitrogens with one attached hydrogen (secondary N) is 2. The molecule has 2 aromatic carbocycles. The summed E-state index contributed by atoms with van der Waals surface area (Å²) in [7, 11) is 1.49. The number of anilines is 1. The topological polar surface area (TPSA) is 87.7 Å². The van der Waals surface area contributed by atoms with Gasteiger partial charge in [-0.25, -0.2) is 0 Å². The molecule has 0 aromatic heterocycles. The van der Waals surface area contributed by atoms with Crippen molar-refractivity contribution in [2.24, 2.45) is 0 Å². The molecule has 0 saturated carbocycles. The van der Waals surface area contributed by atoms with E-state index in [2.05, 4.69) is 10.6 Å². The Morgan fingerprint density at radius 1 is 1.17 bits per heavy atom. The molecule has 1 aliphatic heterocycles. The number of piperazine rings is 1. The van der Waals surface area contributed by atoms with Gasteiger partial charge in [-0.2, -0.15) is 0 Å². The predicted octanol–water partition coefficient (Wildman–Crippen LogP) is 2.28. The molecule has 1 fully saturated rings. The average molecular weight is 395 g/mol. The number of rotatable bonds is 5. The normalized spacial score (nSPS) is 16.2. The van der Waals surface area contributed by atoms with E-state index in [0.717, 1.165) is 11.1 Å². The van der Waals surface area contributed by atoms with Gasteiger partial charge in [-0.3, -0.25) is 14.4 Å². The number of ether oxygens (including phenoxy) is 1. The molecule has 0 radical (unpaired) electrons. The van der Waals surface area contributed by atoms with Crippen molar-refractivity contribution in [1.29, 1.82) is 0 Å². The molecule has 1 atom stereocenters. The van der Waals surface area contributed by atoms with Crippen molar-refractivity contribution >= 4 is 23.4 Å². The van der Waals surface area contributed by atoms with E-state index in [-0.39, 0.29) is 24.1 Å². The molecule has 0 aliphatic carbocycles. The van der Waals surface area contributed by atoms with Gasteiger partial charge in [-0.1, -0.05) is 18.2 Å². The summed E-state index contributed by atoms with van der Waals surface area (Å²) in [5, 5.41) is 5.57. The van der Waals surface area contributed by atoms with Gasteiger partial charge in [0, 0.05) is 18.8 Å². The zero-order valence-corrected chi connectivity index (χ0v) is 16.8. The maximum atomic E-state index is 13.1. The quantitative estimate of drug-likeness (QED) is 0.813. The number of amides is 3. The minimum absolute atomic E-state index is 0.125. The lowest BCUT2D eigenvalue weighted by Gasteiger charge is -2.35. The maximum Gasteiger partial charge on any atom is 0.258 e. The molecule has 2 N–H and O–H groups in total. The molecule has 0 spiro atoms. The number of nitrogens with zero attached hydrogens (tertiary/aromatic N) is 1. The molecule has 1 saturated heterocycles. The Morgan fingerprint density at radius 2 is 1.86 bits per heavy atom. The molecule has 3 amide bonds. The van der Waals surface area contributed by atoms with Gasteiger partial charge >= 0.3 is 0 Å². The average Bonchev–Trinajstić information content (AvgIpc) is 2.68. The third kappa shape index (κ3) is 4.74. The van der Waals surface area contributed by atoms with E-state index >= 15 is 0 Å². The highest BCUT2D eigenvalue weighted by Gasteiger charge is 2.36. The molecule has 2 aromatic rings. The van der Waals surface area contributed by atoms with Crippen LogP contribution in [0.3, 0.4) is 0 Å². The molecule has 152 valence electrons. The van der Waals surface area contributed by atoms with E-state index in [1.165, 1.54) is 12.0 Å². The number of hydrogen-bond donors (Lipinski definition) is 2. The molecular formula is C22H25N3O4. The van der Waals surface area contributed by atoms with Crippen molar-refractivity contribution in [2.75, 3.05) is 25.5 Å². The highest BCUT2D eigenvalue weighted by Crippen LogP contribution is 2.22. The second kappa shape index (κ2) is 8.77. The van der Waals surface area contributed by atoms with Gasteiger partial charge < -0.3 is 20.3 Å². The summed E-state index contributed by atoms with van der Waals surface area (Å²) >= 11 is 0. The smallest absolute Gasteiger partial charge is 0.258 e. The molecule has 0 unspecified atom stereocenters. The number of carbonyl (C=O) groups excluding carboxylic acids is 3. The molecule has 3 rings (SSSR count). The fourth-order valence-corrected chi connectivity index (χ4v) is 3.57. The largest absolute Gasteiger partial charge is 0.496 e. The van der Waals surface area contributed by atoms with Crippen LogP contribution in [-0.4, -0.2) is 48.9 Å². The first-order chi connectivity index (χ1) is 13.9. The van der Waals surface area contributed by atoms with Gasteiger partial charge in [-0.15, -0.1) is 0 Å². The molecule has 0 bridgehead atoms. The van der Waals surface area contributed by atoms with Crippen LogP contribution in [0.25, 0.3) is 0 Å². The van der Waals surface area contributed by atoms with Crippen LogP contribution in [0.15, 0.2) is 42.5 Å². The van der Waals surface area contributed by atoms with E-state index in [1.807, 2.05) is 32.0 Å². The van der Waals surface area contributed by atoms with Gasteiger partial charge in [0.1, 0.15) is 11.8 Å². The van der Waals surface area contributed by atoms with Crippen LogP contribution >= 0.6 is 0 Å². The Hall–Kier alpha value is -3.35. The van der Waals surface area contributed by atoms with Crippen LogP contribution in [0, 0.1) is 13.8 Å². The Balaban J connectivity index is 1.78. The lowest BCUT2D eigenvalue weighted by atomic mass is 10.0. The van der Waals surface area contributed by atoms with Gasteiger partial charge in [0.25, 0.3) is 5.91 Å². The summed E-state index contributed by atoms with van der Waals surface area (Å²) in [6.07, 6.45) is -0.125. The fourth-order valence-electron chi connectivity index (χ4n) is 3.57. The first kappa shape index (κ1) is 20.4. The third-order valence-electron chi connectivity index (χ3n) is 4.81. The summed E-state index contributed by atoms with van der Waals surface area (Å²) < 4.78 is 5.27. The molecular weight excluding hydrogens is 370 g/mol. The summed E-state index contributed by atoms with van der Waals surface area (Å²) in [6.45, 7) is 4.56. The molecule has 7 heteroatoms. The Labute approximate surface area is 170 Å². The van der Waals surface area contributed by atoms with Crippen molar-refractivity contribution in [2.45, 2.75) is 26.3 Å². The SMILES string of the molecule is COc1ccccc1C(=O)N1CCNC(=O)[C@H]1CC(=O)Nc1cc(C)cc(C)c1. The zero-order valence-electron chi connectivity index (χ0n) is 16.8. The van der Waals surface area contributed by atoms with Crippen molar-refractivity contribution in [3.05, 3.63) is 59.2 Å². The molecule has 29 heavy (non-hydrogen) atoms. The van der Waals surface area contributed by atoms with Crippen LogP contribution < -0.4 is 15.4 Å². The van der Waals surface area contributed by atoms with E-state index in [4.69, 9.17) is 4.74 Å². The van der Waals surface area contributed by atoms with Gasteiger partial charge in [-0.05, 0) is 49.2 Å². The minimum atomic E-state index is -0.882. The van der Waals surface area contributed by atoms with Crippen LogP contribution in [0.4, 0.5) is 5.69 Å². The highest BCUT2D eigenvalue weighted by molar-refractivity contribution is 6.02. The number of methoxy groups -OCH3 is 1. The third-order valence-corrected chi connectivity index (χ3v) is 4.81. The van der Waals surface area contributed by atoms with Crippen molar-refractivity contribution in [1.82, 2.24) is 10.2 Å². The Kier molecular flexibility index (Phi) is 6.16. The monoisotopic (exact) mass is 395 g/mol. The number of hydrogen-bond acceptors (Lipinski definition) is 4. The molecule has 1 aliphatic rings. The predicted molar refractivity (Wildman–Crippen MR) is 110 cm³/mol. The minimum Gasteiger partial charge on any atom is -0.496 e. The van der Waals surface area contributed by atoms with E-state index in [0.29, 0.717) is 30.1 Å². The number of para-hydroxylation sites is 1. The number of aryl methyl sites for hydroxylation is 2. The Morgan fingerprint density at radius 3 is 2.55 bits per heavy atom. The second-order valence-corrected chi connectivity index (χ2v) is 7.13. The Bertz CT molecular complexity index is 921. The van der Waals surface area contributed by atoms with Crippen molar-refractivity contribution < 1.29 is 19.1 Å². The molecule has 1 heterocycles. The fraction of sp³-hybridized carbons (Fsp3) is 0.318. The lowest BCUT2D eigenvalue weighted by Crippen LogP contribution is -2.58. The standard InChI is InChI=1S/C22H25N3O4/c1-14-10-15(2)12-16(11-14)24-20(26)13-18-21(27)23-8-9-25(18)22(28)17-6-4-5-7-19(17)29-3/h4-7,10-12,18H,8-9,13H2,1-3H3,(H,23,27)(H,24,26)/t18-/m1/s1. The van der Waals surface area contributed by atoms with Gasteiger partial charge in [0.15, 0.2) is 0 Å². The summed E-state index contributed by atoms with van der Waals surface area (Å²) in [4.78, 5) is 39.6. The summed E-state index contributed by atoms with van der Waals surface area (Å²) in [5.74, 6) is -0.562. The first-order valence-electron chi connectivity index (χ1n) is 9.49. The van der Waals surface area contributed by atoms with Crippen LogP contribution in [-0.2, 0) is 9.59 Å². The van der Waals surface area contributed by atoms with Crippen molar-refractivity contribution in [3.63, 3.8) is 0 Å². The first-order valence-corrected chi connectivity index (χ1v) is 9.49. The van der Waals surface area contributed by atoms with Crippen molar-refractivity contribution in [3.8, 4) is 5.75 Å². The van der Waals surface area contributed by atoms with Gasteiger partial charge in [0.05, 0.1) is 19.1 Å². The zero-order chi connectivity index (χ0) is 21.0. The van der Waals surface area contributed by atoms with E-state index in [1.54, 1.807) is 24.3 Å². The molecule has 7 nitrogen and oxygen atoms in total. The van der Waals surface area contributed by atoms with Crippen LogP contribution in [0.5, 0.6) is 5.75 Å². The van der Waals surface area contributed by atoms with E-state index < -0.39 is 6.04 Å². The van der Waals surface area contributed by atoms with E-state index in [9.17, 15) is 14.4 Å². The second-order valence-electron chi connectivity index (χ2n) is 7.13. The van der Waals surface area contributed by atoms with Crippen LogP contribution in [0.1, 0.15) is 27.9 Å². The number of benzene rings is 2. The summed E-state index contributed by atoms with van der Waals surface area (Å²) in [6, 6.07) is 11.7. The highest BCUT2D eigenvalue weighted by atomic mass is 16.5.